The van der Waals surface area contributed by atoms with Crippen molar-refractivity contribution in [1.82, 2.24) is 9.47 Å². The number of aromatic nitrogens is 1. The lowest BCUT2D eigenvalue weighted by Crippen LogP contribution is -2.43. The van der Waals surface area contributed by atoms with Crippen molar-refractivity contribution in [1.29, 1.82) is 0 Å². The number of ether oxygens (including phenoxy) is 1. The smallest absolute Gasteiger partial charge is 0.378 e. The van der Waals surface area contributed by atoms with Crippen LogP contribution in [0.5, 0.6) is 0 Å². The number of carbonyl (C=O) groups is 2. The molecule has 4 rings (SSSR count). The van der Waals surface area contributed by atoms with E-state index in [1.165, 1.54) is 23.5 Å². The number of hydrogen-bond acceptors (Lipinski definition) is 4. The lowest BCUT2D eigenvalue weighted by Gasteiger charge is -2.27. The third-order valence-corrected chi connectivity index (χ3v) is 5.94. The van der Waals surface area contributed by atoms with Crippen LogP contribution < -0.4 is 4.80 Å². The van der Waals surface area contributed by atoms with Crippen LogP contribution in [0.2, 0.25) is 0 Å². The first-order valence-corrected chi connectivity index (χ1v) is 10.3. The SMILES string of the molecule is O=C(N=c1sc2ccccc2n1CC(=O)N1CCOCC1)c1cccc(C(F)(F)F)c1. The van der Waals surface area contributed by atoms with Gasteiger partial charge in [-0.1, -0.05) is 29.5 Å². The molecule has 0 saturated carbocycles. The maximum Gasteiger partial charge on any atom is 0.416 e. The maximum atomic E-state index is 13.0. The third-order valence-electron chi connectivity index (χ3n) is 4.88. The molecule has 1 aliphatic heterocycles. The Hall–Kier alpha value is -2.98. The number of amides is 2. The number of benzene rings is 2. The van der Waals surface area contributed by atoms with Crippen LogP contribution in [-0.2, 0) is 22.3 Å². The highest BCUT2D eigenvalue weighted by Crippen LogP contribution is 2.29. The highest BCUT2D eigenvalue weighted by atomic mass is 32.1. The van der Waals surface area contributed by atoms with E-state index >= 15 is 0 Å². The van der Waals surface area contributed by atoms with E-state index in [1.54, 1.807) is 9.47 Å². The second-order valence-electron chi connectivity index (χ2n) is 6.93. The fourth-order valence-electron chi connectivity index (χ4n) is 3.29. The predicted octanol–water partition coefficient (Wildman–Crippen LogP) is 3.32. The molecule has 0 N–H and O–H groups in total. The lowest BCUT2D eigenvalue weighted by molar-refractivity contribution is -0.137. The van der Waals surface area contributed by atoms with Crippen molar-refractivity contribution >= 4 is 33.4 Å². The number of para-hydroxylation sites is 1. The number of morpholine rings is 1. The number of hydrogen-bond donors (Lipinski definition) is 0. The van der Waals surface area contributed by atoms with E-state index in [0.717, 1.165) is 22.3 Å². The van der Waals surface area contributed by atoms with Gasteiger partial charge in [0.25, 0.3) is 5.91 Å². The summed E-state index contributed by atoms with van der Waals surface area (Å²) in [6.07, 6.45) is -4.56. The van der Waals surface area contributed by atoms with Gasteiger partial charge in [0.05, 0.1) is 29.0 Å². The monoisotopic (exact) mass is 449 g/mol. The van der Waals surface area contributed by atoms with Crippen LogP contribution in [0.25, 0.3) is 10.2 Å². The number of fused-ring (bicyclic) bond motifs is 1. The normalized spacial score (nSPS) is 15.5. The number of rotatable bonds is 3. The standard InChI is InChI=1S/C21H18F3N3O3S/c22-21(23,24)15-5-3-4-14(12-15)19(29)25-20-27(16-6-1-2-7-17(16)31-20)13-18(28)26-8-10-30-11-9-26/h1-7,12H,8-11,13H2. The molecule has 0 unspecified atom stereocenters. The van der Waals surface area contributed by atoms with Crippen LogP contribution in [0.3, 0.4) is 0 Å². The molecule has 1 saturated heterocycles. The molecule has 0 radical (unpaired) electrons. The van der Waals surface area contributed by atoms with E-state index < -0.39 is 17.6 Å². The van der Waals surface area contributed by atoms with Gasteiger partial charge in [-0.3, -0.25) is 9.59 Å². The molecule has 2 heterocycles. The van der Waals surface area contributed by atoms with Gasteiger partial charge in [-0.25, -0.2) is 0 Å². The van der Waals surface area contributed by atoms with Gasteiger partial charge >= 0.3 is 6.18 Å². The van der Waals surface area contributed by atoms with Crippen molar-refractivity contribution in [3.05, 3.63) is 64.5 Å². The Balaban J connectivity index is 1.71. The van der Waals surface area contributed by atoms with Crippen LogP contribution in [0, 0.1) is 0 Å². The summed E-state index contributed by atoms with van der Waals surface area (Å²) in [5.41, 5.74) is -0.358. The van der Waals surface area contributed by atoms with Crippen molar-refractivity contribution in [2.45, 2.75) is 12.7 Å². The summed E-state index contributed by atoms with van der Waals surface area (Å²) in [4.78, 5) is 31.4. The Labute approximate surface area is 179 Å². The molecule has 0 spiro atoms. The van der Waals surface area contributed by atoms with Gasteiger partial charge in [0.15, 0.2) is 4.80 Å². The number of nitrogens with zero attached hydrogens (tertiary/aromatic N) is 3. The molecule has 1 aliphatic rings. The average Bonchev–Trinajstić information content (AvgIpc) is 3.10. The first kappa shape index (κ1) is 21.3. The van der Waals surface area contributed by atoms with Crippen molar-refractivity contribution in [3.63, 3.8) is 0 Å². The highest BCUT2D eigenvalue weighted by Gasteiger charge is 2.31. The number of carbonyl (C=O) groups excluding carboxylic acids is 2. The van der Waals surface area contributed by atoms with E-state index in [1.807, 2.05) is 24.3 Å². The molecule has 10 heteroatoms. The topological polar surface area (TPSA) is 63.9 Å². The third kappa shape index (κ3) is 4.70. The van der Waals surface area contributed by atoms with Crippen molar-refractivity contribution in [3.8, 4) is 0 Å². The fraction of sp³-hybridized carbons (Fsp3) is 0.286. The van der Waals surface area contributed by atoms with Crippen molar-refractivity contribution < 1.29 is 27.5 Å². The van der Waals surface area contributed by atoms with Crippen LogP contribution in [0.4, 0.5) is 13.2 Å². The van der Waals surface area contributed by atoms with Gasteiger partial charge < -0.3 is 14.2 Å². The predicted molar refractivity (Wildman–Crippen MR) is 109 cm³/mol. The summed E-state index contributed by atoms with van der Waals surface area (Å²) in [6.45, 7) is 1.87. The van der Waals surface area contributed by atoms with E-state index in [0.29, 0.717) is 26.3 Å². The van der Waals surface area contributed by atoms with Gasteiger partial charge in [0, 0.05) is 18.7 Å². The summed E-state index contributed by atoms with van der Waals surface area (Å²) < 4.78 is 46.7. The first-order valence-electron chi connectivity index (χ1n) is 9.53. The van der Waals surface area contributed by atoms with Crippen LogP contribution in [0.15, 0.2) is 53.5 Å². The molecular weight excluding hydrogens is 431 g/mol. The molecule has 1 fully saturated rings. The molecule has 0 aliphatic carbocycles. The van der Waals surface area contributed by atoms with Gasteiger partial charge in [0.1, 0.15) is 6.54 Å². The zero-order chi connectivity index (χ0) is 22.0. The molecule has 0 bridgehead atoms. The Morgan fingerprint density at radius 2 is 1.81 bits per heavy atom. The van der Waals surface area contributed by atoms with E-state index in [4.69, 9.17) is 4.74 Å². The average molecular weight is 449 g/mol. The van der Waals surface area contributed by atoms with Crippen LogP contribution in [0.1, 0.15) is 15.9 Å². The van der Waals surface area contributed by atoms with E-state index in [2.05, 4.69) is 4.99 Å². The van der Waals surface area contributed by atoms with Crippen LogP contribution >= 0.6 is 11.3 Å². The quantitative estimate of drug-likeness (QED) is 0.616. The second kappa shape index (κ2) is 8.64. The van der Waals surface area contributed by atoms with Crippen molar-refractivity contribution in [2.75, 3.05) is 26.3 Å². The largest absolute Gasteiger partial charge is 0.416 e. The lowest BCUT2D eigenvalue weighted by atomic mass is 10.1. The van der Waals surface area contributed by atoms with Gasteiger partial charge in [-0.15, -0.1) is 0 Å². The van der Waals surface area contributed by atoms with Gasteiger partial charge in [0.2, 0.25) is 5.91 Å². The maximum absolute atomic E-state index is 13.0. The molecule has 31 heavy (non-hydrogen) atoms. The number of halogens is 3. The zero-order valence-electron chi connectivity index (χ0n) is 16.3. The summed E-state index contributed by atoms with van der Waals surface area (Å²) in [5.74, 6) is -0.940. The molecular formula is C21H18F3N3O3S. The van der Waals surface area contributed by atoms with Crippen LogP contribution in [-0.4, -0.2) is 47.6 Å². The number of alkyl halides is 3. The minimum atomic E-state index is -4.56. The zero-order valence-corrected chi connectivity index (χ0v) is 17.1. The van der Waals surface area contributed by atoms with Crippen molar-refractivity contribution in [2.24, 2.45) is 4.99 Å². The second-order valence-corrected chi connectivity index (χ2v) is 7.94. The molecule has 162 valence electrons. The molecule has 2 amide bonds. The first-order chi connectivity index (χ1) is 14.8. The summed E-state index contributed by atoms with van der Waals surface area (Å²) >= 11 is 1.20. The number of thiazole rings is 1. The summed E-state index contributed by atoms with van der Waals surface area (Å²) in [7, 11) is 0. The molecule has 1 aromatic heterocycles. The summed E-state index contributed by atoms with van der Waals surface area (Å²) in [5, 5.41) is 0. The van der Waals surface area contributed by atoms with E-state index in [9.17, 15) is 22.8 Å². The Bertz CT molecular complexity index is 1190. The fourth-order valence-corrected chi connectivity index (χ4v) is 4.31. The van der Waals surface area contributed by atoms with Gasteiger partial charge in [-0.2, -0.15) is 18.2 Å². The highest BCUT2D eigenvalue weighted by molar-refractivity contribution is 7.16. The molecule has 0 atom stereocenters. The Morgan fingerprint density at radius 1 is 1.06 bits per heavy atom. The minimum Gasteiger partial charge on any atom is -0.378 e. The molecule has 2 aromatic carbocycles. The van der Waals surface area contributed by atoms with E-state index in [-0.39, 0.29) is 22.8 Å². The van der Waals surface area contributed by atoms with Gasteiger partial charge in [-0.05, 0) is 30.3 Å². The molecule has 6 nitrogen and oxygen atoms in total. The summed E-state index contributed by atoms with van der Waals surface area (Å²) in [6, 6.07) is 11.4. The Morgan fingerprint density at radius 3 is 2.55 bits per heavy atom. The molecule has 3 aromatic rings. The Kier molecular flexibility index (Phi) is 5.92. The minimum absolute atomic E-state index is 0.0291.